The number of thiophene rings is 1. The third-order valence-electron chi connectivity index (χ3n) is 3.70. The average molecular weight is 317 g/mol. The molecule has 1 atom stereocenters. The predicted octanol–water partition coefficient (Wildman–Crippen LogP) is 2.71. The molecule has 0 aliphatic carbocycles. The molecule has 1 aliphatic rings. The van der Waals surface area contributed by atoms with Crippen molar-refractivity contribution in [1.82, 2.24) is 4.31 Å². The highest BCUT2D eigenvalue weighted by Crippen LogP contribution is 2.32. The molecule has 0 bridgehead atoms. The highest BCUT2D eigenvalue weighted by atomic mass is 32.2. The molecule has 1 aliphatic heterocycles. The zero-order valence-corrected chi connectivity index (χ0v) is 13.3. The number of carboxylic acids is 1. The van der Waals surface area contributed by atoms with Crippen molar-refractivity contribution in [1.29, 1.82) is 0 Å². The van der Waals surface area contributed by atoms with E-state index in [1.807, 2.05) is 6.92 Å². The number of hydrogen-bond acceptors (Lipinski definition) is 4. The number of aryl methyl sites for hydroxylation is 1. The summed E-state index contributed by atoms with van der Waals surface area (Å²) >= 11 is 0.852. The SMILES string of the molecule is CCC1CCCCN1S(=O)(=O)c1cc(C)c(C(=O)O)s1. The molecular formula is C13H19NO4S2. The van der Waals surface area contributed by atoms with Gasteiger partial charge < -0.3 is 5.11 Å². The van der Waals surface area contributed by atoms with Crippen LogP contribution >= 0.6 is 11.3 Å². The van der Waals surface area contributed by atoms with Crippen LogP contribution in [0.3, 0.4) is 0 Å². The summed E-state index contributed by atoms with van der Waals surface area (Å²) in [5.41, 5.74) is 0.506. The van der Waals surface area contributed by atoms with Crippen molar-refractivity contribution in [2.45, 2.75) is 49.8 Å². The third-order valence-corrected chi connectivity index (χ3v) is 7.32. The number of carbonyl (C=O) groups is 1. The van der Waals surface area contributed by atoms with Crippen LogP contribution in [0.5, 0.6) is 0 Å². The Hall–Kier alpha value is -0.920. The maximum atomic E-state index is 12.7. The second kappa shape index (κ2) is 5.83. The third kappa shape index (κ3) is 2.75. The van der Waals surface area contributed by atoms with Gasteiger partial charge in [0, 0.05) is 12.6 Å². The van der Waals surface area contributed by atoms with Crippen LogP contribution in [0.1, 0.15) is 47.8 Å². The molecule has 1 saturated heterocycles. The van der Waals surface area contributed by atoms with Gasteiger partial charge in [-0.3, -0.25) is 0 Å². The first-order valence-electron chi connectivity index (χ1n) is 6.73. The van der Waals surface area contributed by atoms with E-state index in [2.05, 4.69) is 0 Å². The Morgan fingerprint density at radius 2 is 2.20 bits per heavy atom. The Labute approximate surface area is 123 Å². The van der Waals surface area contributed by atoms with Crippen molar-refractivity contribution in [2.24, 2.45) is 0 Å². The Kier molecular flexibility index (Phi) is 4.51. The van der Waals surface area contributed by atoms with Crippen LogP contribution in [0.4, 0.5) is 0 Å². The van der Waals surface area contributed by atoms with Crippen molar-refractivity contribution in [2.75, 3.05) is 6.54 Å². The van der Waals surface area contributed by atoms with Gasteiger partial charge in [0.25, 0.3) is 10.0 Å². The minimum atomic E-state index is -3.57. The van der Waals surface area contributed by atoms with Gasteiger partial charge in [0.05, 0.1) is 0 Å². The fraction of sp³-hybridized carbons (Fsp3) is 0.615. The second-order valence-electron chi connectivity index (χ2n) is 5.06. The molecule has 1 aromatic rings. The number of hydrogen-bond donors (Lipinski definition) is 1. The normalized spacial score (nSPS) is 21.0. The molecular weight excluding hydrogens is 298 g/mol. The molecule has 1 aromatic heterocycles. The van der Waals surface area contributed by atoms with Crippen molar-refractivity contribution in [3.63, 3.8) is 0 Å². The van der Waals surface area contributed by atoms with Crippen molar-refractivity contribution in [3.05, 3.63) is 16.5 Å². The first-order valence-corrected chi connectivity index (χ1v) is 8.99. The topological polar surface area (TPSA) is 74.7 Å². The van der Waals surface area contributed by atoms with Crippen molar-refractivity contribution < 1.29 is 18.3 Å². The summed E-state index contributed by atoms with van der Waals surface area (Å²) in [6.45, 7) is 4.15. The summed E-state index contributed by atoms with van der Waals surface area (Å²) in [4.78, 5) is 11.2. The largest absolute Gasteiger partial charge is 0.477 e. The number of sulfonamides is 1. The van der Waals surface area contributed by atoms with E-state index in [9.17, 15) is 13.2 Å². The molecule has 0 spiro atoms. The van der Waals surface area contributed by atoms with E-state index < -0.39 is 16.0 Å². The van der Waals surface area contributed by atoms with Crippen LogP contribution in [0.25, 0.3) is 0 Å². The van der Waals surface area contributed by atoms with Gasteiger partial charge in [0.1, 0.15) is 9.09 Å². The van der Waals surface area contributed by atoms with Gasteiger partial charge in [-0.15, -0.1) is 11.3 Å². The molecule has 2 rings (SSSR count). The molecule has 0 saturated carbocycles. The van der Waals surface area contributed by atoms with E-state index >= 15 is 0 Å². The molecule has 1 N–H and O–H groups in total. The quantitative estimate of drug-likeness (QED) is 0.926. The predicted molar refractivity (Wildman–Crippen MR) is 77.8 cm³/mol. The van der Waals surface area contributed by atoms with E-state index in [1.54, 1.807) is 11.2 Å². The van der Waals surface area contributed by atoms with Gasteiger partial charge in [-0.1, -0.05) is 13.3 Å². The summed E-state index contributed by atoms with van der Waals surface area (Å²) < 4.78 is 27.1. The Morgan fingerprint density at radius 3 is 2.75 bits per heavy atom. The number of carboxylic acid groups (broad SMARTS) is 1. The maximum Gasteiger partial charge on any atom is 0.346 e. The first kappa shape index (κ1) is 15.5. The van der Waals surface area contributed by atoms with E-state index in [-0.39, 0.29) is 15.1 Å². The lowest BCUT2D eigenvalue weighted by Gasteiger charge is -2.33. The summed E-state index contributed by atoms with van der Waals surface area (Å²) in [6.07, 6.45) is 3.58. The molecule has 1 unspecified atom stereocenters. The van der Waals surface area contributed by atoms with Crippen LogP contribution in [0.15, 0.2) is 10.3 Å². The van der Waals surface area contributed by atoms with Crippen molar-refractivity contribution in [3.8, 4) is 0 Å². The number of nitrogens with zero attached hydrogens (tertiary/aromatic N) is 1. The van der Waals surface area contributed by atoms with Gasteiger partial charge in [-0.05, 0) is 37.8 Å². The lowest BCUT2D eigenvalue weighted by atomic mass is 10.0. The Balaban J connectivity index is 2.39. The monoisotopic (exact) mass is 317 g/mol. The molecule has 0 radical (unpaired) electrons. The highest BCUT2D eigenvalue weighted by Gasteiger charge is 2.34. The maximum absolute atomic E-state index is 12.7. The number of piperidine rings is 1. The van der Waals surface area contributed by atoms with Gasteiger partial charge >= 0.3 is 5.97 Å². The number of rotatable bonds is 4. The van der Waals surface area contributed by atoms with E-state index in [0.29, 0.717) is 12.1 Å². The molecule has 0 aromatic carbocycles. The fourth-order valence-electron chi connectivity index (χ4n) is 2.61. The molecule has 1 fully saturated rings. The molecule has 2 heterocycles. The second-order valence-corrected chi connectivity index (χ2v) is 8.23. The fourth-order valence-corrected chi connectivity index (χ4v) is 5.88. The van der Waals surface area contributed by atoms with Gasteiger partial charge in [0.15, 0.2) is 0 Å². The molecule has 0 amide bonds. The lowest BCUT2D eigenvalue weighted by Crippen LogP contribution is -2.42. The minimum Gasteiger partial charge on any atom is -0.477 e. The standard InChI is InChI=1S/C13H19NO4S2/c1-3-10-6-4-5-7-14(10)20(17,18)11-8-9(2)12(19-11)13(15)16/h8,10H,3-7H2,1-2H3,(H,15,16). The van der Waals surface area contributed by atoms with E-state index in [0.717, 1.165) is 37.0 Å². The Morgan fingerprint density at radius 1 is 1.50 bits per heavy atom. The molecule has 7 heteroatoms. The van der Waals surface area contributed by atoms with Crippen LogP contribution in [0.2, 0.25) is 0 Å². The molecule has 5 nitrogen and oxygen atoms in total. The van der Waals surface area contributed by atoms with Gasteiger partial charge in [0.2, 0.25) is 0 Å². The van der Waals surface area contributed by atoms with Gasteiger partial charge in [-0.2, -0.15) is 4.31 Å². The zero-order chi connectivity index (χ0) is 14.9. The molecule has 20 heavy (non-hydrogen) atoms. The summed E-state index contributed by atoms with van der Waals surface area (Å²) in [5, 5.41) is 9.06. The molecule has 112 valence electrons. The average Bonchev–Trinajstić information content (AvgIpc) is 2.81. The first-order chi connectivity index (χ1) is 9.37. The smallest absolute Gasteiger partial charge is 0.346 e. The highest BCUT2D eigenvalue weighted by molar-refractivity contribution is 7.91. The summed E-state index contributed by atoms with van der Waals surface area (Å²) in [6, 6.07) is 1.51. The van der Waals surface area contributed by atoms with Crippen LogP contribution in [-0.2, 0) is 10.0 Å². The van der Waals surface area contributed by atoms with Crippen molar-refractivity contribution >= 4 is 27.3 Å². The minimum absolute atomic E-state index is 0.0319. The lowest BCUT2D eigenvalue weighted by molar-refractivity contribution is 0.0701. The Bertz CT molecular complexity index is 606. The van der Waals surface area contributed by atoms with Gasteiger partial charge in [-0.25, -0.2) is 13.2 Å². The number of aromatic carboxylic acids is 1. The van der Waals surface area contributed by atoms with Crippen LogP contribution in [0, 0.1) is 6.92 Å². The van der Waals surface area contributed by atoms with E-state index in [4.69, 9.17) is 5.11 Å². The van der Waals surface area contributed by atoms with E-state index in [1.165, 1.54) is 6.07 Å². The summed E-state index contributed by atoms with van der Waals surface area (Å²) in [5.74, 6) is -1.07. The zero-order valence-electron chi connectivity index (χ0n) is 11.6. The van der Waals surface area contributed by atoms with Crippen LogP contribution in [-0.4, -0.2) is 36.4 Å². The summed E-state index contributed by atoms with van der Waals surface area (Å²) in [7, 11) is -3.57. The van der Waals surface area contributed by atoms with Crippen LogP contribution < -0.4 is 0 Å².